The van der Waals surface area contributed by atoms with Gasteiger partial charge >= 0.3 is 5.97 Å². The van der Waals surface area contributed by atoms with Crippen molar-refractivity contribution in [1.29, 1.82) is 0 Å². The molecule has 0 aliphatic rings. The van der Waals surface area contributed by atoms with Gasteiger partial charge in [-0.1, -0.05) is 11.6 Å². The van der Waals surface area contributed by atoms with E-state index in [4.69, 9.17) is 22.1 Å². The molecule has 0 saturated carbocycles. The molecule has 24 heavy (non-hydrogen) atoms. The quantitative estimate of drug-likeness (QED) is 0.336. The molecule has 0 atom stereocenters. The Hall–Kier alpha value is -3.13. The Bertz CT molecular complexity index is 954. The second kappa shape index (κ2) is 6.17. The van der Waals surface area contributed by atoms with Crippen LogP contribution >= 0.6 is 11.6 Å². The summed E-state index contributed by atoms with van der Waals surface area (Å²) < 4.78 is 6.84. The number of nitrogen functional groups attached to an aromatic ring is 1. The minimum absolute atomic E-state index is 0.0593. The number of non-ortho nitro benzene ring substituents is 1. The number of nitrogens with two attached hydrogens (primary N) is 1. The number of nitro benzene ring substituents is 1. The summed E-state index contributed by atoms with van der Waals surface area (Å²) in [4.78, 5) is 26.6. The Labute approximate surface area is 140 Å². The number of ether oxygens (including phenoxy) is 1. The molecular formula is C15H11ClN4O4. The molecule has 1 aromatic carbocycles. The molecule has 0 unspecified atom stereocenters. The van der Waals surface area contributed by atoms with Crippen LogP contribution in [-0.2, 0) is 11.3 Å². The van der Waals surface area contributed by atoms with Crippen LogP contribution in [0.4, 0.5) is 11.4 Å². The van der Waals surface area contributed by atoms with Crippen molar-refractivity contribution in [3.05, 3.63) is 69.1 Å². The fraction of sp³-hybridized carbons (Fsp3) is 0.0667. The summed E-state index contributed by atoms with van der Waals surface area (Å²) in [5, 5.41) is 11.3. The van der Waals surface area contributed by atoms with Gasteiger partial charge in [0, 0.05) is 30.2 Å². The summed E-state index contributed by atoms with van der Waals surface area (Å²) in [6.07, 6.45) is 3.35. The van der Waals surface area contributed by atoms with Gasteiger partial charge in [-0.25, -0.2) is 9.78 Å². The second-order valence-corrected chi connectivity index (χ2v) is 5.39. The first-order valence-corrected chi connectivity index (χ1v) is 7.16. The molecular weight excluding hydrogens is 336 g/mol. The van der Waals surface area contributed by atoms with Crippen molar-refractivity contribution >= 4 is 34.6 Å². The van der Waals surface area contributed by atoms with Gasteiger partial charge in [0.15, 0.2) is 0 Å². The van der Waals surface area contributed by atoms with Gasteiger partial charge in [-0.3, -0.25) is 10.1 Å². The normalized spacial score (nSPS) is 10.7. The number of rotatable bonds is 4. The SMILES string of the molecule is Nc1ccc([N+](=O)[O-])cc1C(=O)OCc1cn2cc(Cl)ccc2n1. The number of nitrogens with zero attached hydrogens (tertiary/aromatic N) is 3. The molecule has 0 spiro atoms. The molecule has 2 aromatic heterocycles. The number of fused-ring (bicyclic) bond motifs is 1. The highest BCUT2D eigenvalue weighted by atomic mass is 35.5. The van der Waals surface area contributed by atoms with Gasteiger partial charge < -0.3 is 14.9 Å². The molecule has 0 fully saturated rings. The molecule has 3 aromatic rings. The van der Waals surface area contributed by atoms with Crippen molar-refractivity contribution in [2.75, 3.05) is 5.73 Å². The Morgan fingerprint density at radius 1 is 1.33 bits per heavy atom. The Kier molecular flexibility index (Phi) is 4.05. The Morgan fingerprint density at radius 2 is 2.12 bits per heavy atom. The maximum atomic E-state index is 12.1. The van der Waals surface area contributed by atoms with E-state index in [2.05, 4.69) is 4.98 Å². The molecule has 2 heterocycles. The first-order valence-electron chi connectivity index (χ1n) is 6.78. The fourth-order valence-corrected chi connectivity index (χ4v) is 2.31. The number of halogens is 1. The van der Waals surface area contributed by atoms with Crippen molar-refractivity contribution in [2.24, 2.45) is 0 Å². The third kappa shape index (κ3) is 3.13. The zero-order valence-corrected chi connectivity index (χ0v) is 12.9. The van der Waals surface area contributed by atoms with Crippen LogP contribution in [0, 0.1) is 10.1 Å². The van der Waals surface area contributed by atoms with Gasteiger partial charge in [0.05, 0.1) is 21.2 Å². The molecule has 8 nitrogen and oxygen atoms in total. The maximum absolute atomic E-state index is 12.1. The predicted molar refractivity (Wildman–Crippen MR) is 86.8 cm³/mol. The van der Waals surface area contributed by atoms with E-state index in [-0.39, 0.29) is 23.5 Å². The van der Waals surface area contributed by atoms with Crippen LogP contribution in [0.25, 0.3) is 5.65 Å². The lowest BCUT2D eigenvalue weighted by atomic mass is 10.1. The van der Waals surface area contributed by atoms with Crippen LogP contribution in [0.2, 0.25) is 5.02 Å². The van der Waals surface area contributed by atoms with Gasteiger partial charge in [-0.2, -0.15) is 0 Å². The minimum Gasteiger partial charge on any atom is -0.455 e. The molecule has 9 heteroatoms. The van der Waals surface area contributed by atoms with Crippen LogP contribution in [0.15, 0.2) is 42.7 Å². The van der Waals surface area contributed by atoms with Gasteiger partial charge in [-0.15, -0.1) is 0 Å². The number of pyridine rings is 1. The first kappa shape index (κ1) is 15.8. The zero-order valence-electron chi connectivity index (χ0n) is 12.2. The molecule has 0 aliphatic carbocycles. The second-order valence-electron chi connectivity index (χ2n) is 4.95. The van der Waals surface area contributed by atoms with E-state index in [1.54, 1.807) is 28.9 Å². The highest BCUT2D eigenvalue weighted by Crippen LogP contribution is 2.21. The number of anilines is 1. The maximum Gasteiger partial charge on any atom is 0.340 e. The summed E-state index contributed by atoms with van der Waals surface area (Å²) >= 11 is 5.89. The summed E-state index contributed by atoms with van der Waals surface area (Å²) in [7, 11) is 0. The van der Waals surface area contributed by atoms with Crippen LogP contribution < -0.4 is 5.73 Å². The standard InChI is InChI=1S/C15H11ClN4O4/c16-9-1-4-14-18-10(7-19(14)6-9)8-24-15(21)12-5-11(20(22)23)2-3-13(12)17/h1-7H,8,17H2. The summed E-state index contributed by atoms with van der Waals surface area (Å²) in [5.74, 6) is -0.758. The molecule has 122 valence electrons. The van der Waals surface area contributed by atoms with Crippen molar-refractivity contribution in [3.63, 3.8) is 0 Å². The highest BCUT2D eigenvalue weighted by molar-refractivity contribution is 6.30. The van der Waals surface area contributed by atoms with Gasteiger partial charge in [0.1, 0.15) is 12.3 Å². The fourth-order valence-electron chi connectivity index (χ4n) is 2.14. The lowest BCUT2D eigenvalue weighted by Gasteiger charge is -2.05. The molecule has 2 N–H and O–H groups in total. The van der Waals surface area contributed by atoms with Crippen LogP contribution in [0.1, 0.15) is 16.1 Å². The van der Waals surface area contributed by atoms with Crippen molar-refractivity contribution in [2.45, 2.75) is 6.61 Å². The van der Waals surface area contributed by atoms with E-state index in [1.807, 2.05) is 0 Å². The van der Waals surface area contributed by atoms with Crippen LogP contribution in [0.5, 0.6) is 0 Å². The average Bonchev–Trinajstić information content (AvgIpc) is 2.94. The third-order valence-corrected chi connectivity index (χ3v) is 3.51. The number of esters is 1. The van der Waals surface area contributed by atoms with E-state index in [9.17, 15) is 14.9 Å². The minimum atomic E-state index is -0.758. The topological polar surface area (TPSA) is 113 Å². The summed E-state index contributed by atoms with van der Waals surface area (Å²) in [6.45, 7) is -0.0970. The number of benzene rings is 1. The number of aromatic nitrogens is 2. The number of carbonyl (C=O) groups is 1. The molecule has 0 aliphatic heterocycles. The van der Waals surface area contributed by atoms with Crippen LogP contribution in [0.3, 0.4) is 0 Å². The number of hydrogen-bond donors (Lipinski definition) is 1. The monoisotopic (exact) mass is 346 g/mol. The van der Waals surface area contributed by atoms with E-state index >= 15 is 0 Å². The van der Waals surface area contributed by atoms with Gasteiger partial charge in [0.2, 0.25) is 0 Å². The first-order chi connectivity index (χ1) is 11.4. The Balaban J connectivity index is 1.77. The number of imidazole rings is 1. The van der Waals surface area contributed by atoms with E-state index in [0.29, 0.717) is 16.4 Å². The van der Waals surface area contributed by atoms with Crippen molar-refractivity contribution < 1.29 is 14.5 Å². The summed E-state index contributed by atoms with van der Waals surface area (Å²) in [6, 6.07) is 7.02. The highest BCUT2D eigenvalue weighted by Gasteiger charge is 2.17. The van der Waals surface area contributed by atoms with E-state index in [0.717, 1.165) is 6.07 Å². The molecule has 3 rings (SSSR count). The van der Waals surface area contributed by atoms with Gasteiger partial charge in [0.25, 0.3) is 5.69 Å². The summed E-state index contributed by atoms with van der Waals surface area (Å²) in [5.41, 5.74) is 6.65. The predicted octanol–water partition coefficient (Wildman–Crippen LogP) is 2.84. The van der Waals surface area contributed by atoms with Crippen molar-refractivity contribution in [3.8, 4) is 0 Å². The molecule has 0 radical (unpaired) electrons. The number of carbonyl (C=O) groups excluding carboxylic acids is 1. The third-order valence-electron chi connectivity index (χ3n) is 3.28. The average molecular weight is 347 g/mol. The molecule has 0 amide bonds. The van der Waals surface area contributed by atoms with Gasteiger partial charge in [-0.05, 0) is 18.2 Å². The van der Waals surface area contributed by atoms with E-state index < -0.39 is 10.9 Å². The number of hydrogen-bond acceptors (Lipinski definition) is 6. The lowest BCUT2D eigenvalue weighted by Crippen LogP contribution is -2.09. The zero-order chi connectivity index (χ0) is 17.3. The lowest BCUT2D eigenvalue weighted by molar-refractivity contribution is -0.384. The van der Waals surface area contributed by atoms with Crippen molar-refractivity contribution in [1.82, 2.24) is 9.38 Å². The largest absolute Gasteiger partial charge is 0.455 e. The molecule has 0 saturated heterocycles. The molecule has 0 bridgehead atoms. The Morgan fingerprint density at radius 3 is 2.88 bits per heavy atom. The van der Waals surface area contributed by atoms with E-state index in [1.165, 1.54) is 12.1 Å². The van der Waals surface area contributed by atoms with Crippen LogP contribution in [-0.4, -0.2) is 20.3 Å². The smallest absolute Gasteiger partial charge is 0.340 e. The number of nitro groups is 1.